The van der Waals surface area contributed by atoms with E-state index in [0.717, 1.165) is 21.3 Å². The molecule has 0 aromatic heterocycles. The number of aryl methyl sites for hydroxylation is 1. The van der Waals surface area contributed by atoms with Crippen molar-refractivity contribution in [2.24, 2.45) is 0 Å². The van der Waals surface area contributed by atoms with Gasteiger partial charge in [-0.05, 0) is 42.3 Å². The predicted molar refractivity (Wildman–Crippen MR) is 94.2 cm³/mol. The molecule has 6 heteroatoms. The maximum Gasteiger partial charge on any atom is 0.258 e. The van der Waals surface area contributed by atoms with E-state index in [1.165, 1.54) is 0 Å². The Kier molecular flexibility index (Phi) is 6.30. The lowest BCUT2D eigenvalue weighted by molar-refractivity contribution is -0.123. The van der Waals surface area contributed by atoms with Crippen molar-refractivity contribution in [1.29, 1.82) is 0 Å². The first-order valence-electron chi connectivity index (χ1n) is 6.97. The average Bonchev–Trinajstić information content (AvgIpc) is 2.52. The normalized spacial score (nSPS) is 10.3. The Bertz CT molecular complexity index is 683. The number of methoxy groups -OCH3 is 1. The maximum absolute atomic E-state index is 11.9. The quantitative estimate of drug-likeness (QED) is 0.796. The molecule has 2 aromatic rings. The van der Waals surface area contributed by atoms with Gasteiger partial charge in [-0.2, -0.15) is 0 Å². The molecule has 4 nitrogen and oxygen atoms in total. The van der Waals surface area contributed by atoms with Crippen LogP contribution in [0.2, 0.25) is 5.02 Å². The van der Waals surface area contributed by atoms with Crippen LogP contribution in [0.25, 0.3) is 0 Å². The summed E-state index contributed by atoms with van der Waals surface area (Å²) in [5.41, 5.74) is 1.82. The van der Waals surface area contributed by atoms with E-state index in [-0.39, 0.29) is 12.5 Å². The van der Waals surface area contributed by atoms with E-state index in [2.05, 4.69) is 21.2 Å². The van der Waals surface area contributed by atoms with Gasteiger partial charge in [0.25, 0.3) is 5.91 Å². The number of hydrogen-bond donors (Lipinski definition) is 1. The van der Waals surface area contributed by atoms with Crippen molar-refractivity contribution in [3.8, 4) is 11.5 Å². The number of amides is 1. The minimum absolute atomic E-state index is 0.0911. The van der Waals surface area contributed by atoms with Gasteiger partial charge in [-0.25, -0.2) is 0 Å². The summed E-state index contributed by atoms with van der Waals surface area (Å²) in [4.78, 5) is 11.9. The molecule has 0 heterocycles. The number of hydrogen-bond acceptors (Lipinski definition) is 3. The zero-order valence-electron chi connectivity index (χ0n) is 12.9. The molecule has 1 amide bonds. The van der Waals surface area contributed by atoms with E-state index in [1.807, 2.05) is 37.3 Å². The van der Waals surface area contributed by atoms with Gasteiger partial charge >= 0.3 is 0 Å². The Morgan fingerprint density at radius 3 is 2.78 bits per heavy atom. The Hall–Kier alpha value is -1.72. The van der Waals surface area contributed by atoms with Crippen molar-refractivity contribution in [2.75, 3.05) is 13.7 Å². The third kappa shape index (κ3) is 5.15. The zero-order chi connectivity index (χ0) is 16.8. The van der Waals surface area contributed by atoms with Crippen LogP contribution in [0.15, 0.2) is 40.9 Å². The molecule has 2 rings (SSSR count). The van der Waals surface area contributed by atoms with E-state index in [9.17, 15) is 4.79 Å². The third-order valence-corrected chi connectivity index (χ3v) is 3.90. The van der Waals surface area contributed by atoms with E-state index in [4.69, 9.17) is 21.1 Å². The number of ether oxygens (including phenoxy) is 2. The highest BCUT2D eigenvalue weighted by atomic mass is 79.9. The van der Waals surface area contributed by atoms with Crippen LogP contribution in [-0.4, -0.2) is 19.6 Å². The van der Waals surface area contributed by atoms with Crippen LogP contribution < -0.4 is 14.8 Å². The summed E-state index contributed by atoms with van der Waals surface area (Å²) in [7, 11) is 1.61. The van der Waals surface area contributed by atoms with E-state index in [0.29, 0.717) is 17.3 Å². The van der Waals surface area contributed by atoms with Gasteiger partial charge in [0.05, 0.1) is 12.1 Å². The summed E-state index contributed by atoms with van der Waals surface area (Å²) in [6.07, 6.45) is 0. The molecule has 0 bridgehead atoms. The smallest absolute Gasteiger partial charge is 0.258 e. The molecule has 0 saturated heterocycles. The SMILES string of the molecule is COc1cccc(CNC(=O)COc2c(C)cc(Br)cc2Cl)c1. The lowest BCUT2D eigenvalue weighted by atomic mass is 10.2. The van der Waals surface area contributed by atoms with Gasteiger partial charge in [0.1, 0.15) is 11.5 Å². The molecule has 0 aliphatic heterocycles. The fourth-order valence-corrected chi connectivity index (χ4v) is 3.07. The second kappa shape index (κ2) is 8.22. The summed E-state index contributed by atoms with van der Waals surface area (Å²) in [5.74, 6) is 1.06. The lowest BCUT2D eigenvalue weighted by Gasteiger charge is -2.12. The lowest BCUT2D eigenvalue weighted by Crippen LogP contribution is -2.28. The number of benzene rings is 2. The Labute approximate surface area is 148 Å². The van der Waals surface area contributed by atoms with Crippen LogP contribution in [-0.2, 0) is 11.3 Å². The number of carbonyl (C=O) groups excluding carboxylic acids is 1. The van der Waals surface area contributed by atoms with Crippen molar-refractivity contribution in [1.82, 2.24) is 5.32 Å². The van der Waals surface area contributed by atoms with Crippen molar-refractivity contribution in [2.45, 2.75) is 13.5 Å². The Morgan fingerprint density at radius 1 is 1.30 bits per heavy atom. The van der Waals surface area contributed by atoms with Crippen LogP contribution in [0.3, 0.4) is 0 Å². The summed E-state index contributed by atoms with van der Waals surface area (Å²) in [6, 6.07) is 11.1. The van der Waals surface area contributed by atoms with Gasteiger partial charge in [0.2, 0.25) is 0 Å². The molecular weight excluding hydrogens is 382 g/mol. The molecule has 0 radical (unpaired) electrons. The van der Waals surface area contributed by atoms with Gasteiger partial charge in [-0.3, -0.25) is 4.79 Å². The second-order valence-electron chi connectivity index (χ2n) is 4.95. The molecule has 0 fully saturated rings. The van der Waals surface area contributed by atoms with Crippen LogP contribution in [0.5, 0.6) is 11.5 Å². The summed E-state index contributed by atoms with van der Waals surface area (Å²) in [5, 5.41) is 3.27. The van der Waals surface area contributed by atoms with Crippen LogP contribution in [0, 0.1) is 6.92 Å². The van der Waals surface area contributed by atoms with Gasteiger partial charge in [0.15, 0.2) is 6.61 Å². The third-order valence-electron chi connectivity index (χ3n) is 3.17. The van der Waals surface area contributed by atoms with Crippen molar-refractivity contribution >= 4 is 33.4 Å². The summed E-state index contributed by atoms with van der Waals surface area (Å²) in [6.45, 7) is 2.19. The highest BCUT2D eigenvalue weighted by Gasteiger charge is 2.10. The molecule has 0 unspecified atom stereocenters. The highest BCUT2D eigenvalue weighted by Crippen LogP contribution is 2.31. The minimum atomic E-state index is -0.216. The molecule has 0 spiro atoms. The molecule has 0 saturated carbocycles. The van der Waals surface area contributed by atoms with Crippen molar-refractivity contribution in [3.05, 3.63) is 57.0 Å². The molecule has 2 aromatic carbocycles. The van der Waals surface area contributed by atoms with E-state index < -0.39 is 0 Å². The largest absolute Gasteiger partial charge is 0.497 e. The zero-order valence-corrected chi connectivity index (χ0v) is 15.2. The van der Waals surface area contributed by atoms with Crippen molar-refractivity contribution in [3.63, 3.8) is 0 Å². The van der Waals surface area contributed by atoms with Gasteiger partial charge in [-0.1, -0.05) is 39.7 Å². The average molecular weight is 399 g/mol. The van der Waals surface area contributed by atoms with Crippen LogP contribution in [0.1, 0.15) is 11.1 Å². The van der Waals surface area contributed by atoms with E-state index >= 15 is 0 Å². The number of rotatable bonds is 6. The van der Waals surface area contributed by atoms with Gasteiger partial charge < -0.3 is 14.8 Å². The summed E-state index contributed by atoms with van der Waals surface area (Å²) >= 11 is 9.48. The summed E-state index contributed by atoms with van der Waals surface area (Å²) < 4.78 is 11.5. The Balaban J connectivity index is 1.88. The van der Waals surface area contributed by atoms with Crippen LogP contribution >= 0.6 is 27.5 Å². The fraction of sp³-hybridized carbons (Fsp3) is 0.235. The topological polar surface area (TPSA) is 47.6 Å². The second-order valence-corrected chi connectivity index (χ2v) is 6.27. The molecule has 1 N–H and O–H groups in total. The molecule has 0 aliphatic carbocycles. The molecule has 0 aliphatic rings. The van der Waals surface area contributed by atoms with Crippen LogP contribution in [0.4, 0.5) is 0 Å². The number of carbonyl (C=O) groups is 1. The first-order valence-corrected chi connectivity index (χ1v) is 8.14. The highest BCUT2D eigenvalue weighted by molar-refractivity contribution is 9.10. The fourth-order valence-electron chi connectivity index (χ4n) is 2.04. The minimum Gasteiger partial charge on any atom is -0.497 e. The molecule has 0 atom stereocenters. The van der Waals surface area contributed by atoms with Gasteiger partial charge in [-0.15, -0.1) is 0 Å². The van der Waals surface area contributed by atoms with E-state index in [1.54, 1.807) is 13.2 Å². The predicted octanol–water partition coefficient (Wildman–Crippen LogP) is 4.11. The Morgan fingerprint density at radius 2 is 2.09 bits per heavy atom. The molecule has 122 valence electrons. The monoisotopic (exact) mass is 397 g/mol. The molecular formula is C17H17BrClNO3. The standard InChI is InChI=1S/C17H17BrClNO3/c1-11-6-13(18)8-15(19)17(11)23-10-16(21)20-9-12-4-3-5-14(7-12)22-2/h3-8H,9-10H2,1-2H3,(H,20,21). The van der Waals surface area contributed by atoms with Crippen molar-refractivity contribution < 1.29 is 14.3 Å². The maximum atomic E-state index is 11.9. The molecule has 23 heavy (non-hydrogen) atoms. The number of halogens is 2. The van der Waals surface area contributed by atoms with Gasteiger partial charge in [0, 0.05) is 11.0 Å². The first kappa shape index (κ1) is 17.6. The first-order chi connectivity index (χ1) is 11.0. The number of nitrogens with one attached hydrogen (secondary N) is 1.